The lowest BCUT2D eigenvalue weighted by Gasteiger charge is -2.08. The second kappa shape index (κ2) is 8.96. The van der Waals surface area contributed by atoms with Crippen molar-refractivity contribution in [1.29, 1.82) is 0 Å². The van der Waals surface area contributed by atoms with E-state index in [1.807, 2.05) is 25.1 Å². The number of anilines is 1. The fourth-order valence-corrected chi connectivity index (χ4v) is 4.11. The number of imidazole rings is 1. The summed E-state index contributed by atoms with van der Waals surface area (Å²) in [6, 6.07) is 14.4. The number of rotatable bonds is 8. The van der Waals surface area contributed by atoms with Gasteiger partial charge in [-0.15, -0.1) is 0 Å². The van der Waals surface area contributed by atoms with Crippen LogP contribution in [0.25, 0.3) is 10.8 Å². The second-order valence-electron chi connectivity index (χ2n) is 6.85. The smallest absolute Gasteiger partial charge is 0.255 e. The fourth-order valence-electron chi connectivity index (χ4n) is 3.23. The van der Waals surface area contributed by atoms with Crippen LogP contribution in [0.2, 0.25) is 0 Å². The standard InChI is InChI=1S/C22H23N5OS/c1-15-20(26-14-25-15)13-29-10-9-23-22-24-12-18(21(28)27-22)11-17-7-4-6-16-5-2-3-8-19(16)17/h2-8,12,14H,9-11,13H2,1H3,(H,25,26)(H2,23,24,27,28). The van der Waals surface area contributed by atoms with E-state index in [1.165, 1.54) is 10.8 Å². The largest absolute Gasteiger partial charge is 0.355 e. The van der Waals surface area contributed by atoms with E-state index >= 15 is 0 Å². The first-order valence-corrected chi connectivity index (χ1v) is 10.7. The van der Waals surface area contributed by atoms with Gasteiger partial charge < -0.3 is 10.3 Å². The van der Waals surface area contributed by atoms with Crippen molar-refractivity contribution >= 4 is 28.5 Å². The first-order valence-electron chi connectivity index (χ1n) is 9.56. The Morgan fingerprint density at radius 3 is 2.76 bits per heavy atom. The van der Waals surface area contributed by atoms with Crippen LogP contribution in [0.5, 0.6) is 0 Å². The molecule has 4 rings (SSSR count). The van der Waals surface area contributed by atoms with Crippen LogP contribution < -0.4 is 10.9 Å². The molecule has 2 aromatic heterocycles. The molecule has 0 saturated heterocycles. The molecule has 0 amide bonds. The van der Waals surface area contributed by atoms with Crippen LogP contribution in [-0.4, -0.2) is 32.2 Å². The Morgan fingerprint density at radius 1 is 1.07 bits per heavy atom. The molecule has 3 N–H and O–H groups in total. The summed E-state index contributed by atoms with van der Waals surface area (Å²) in [5.41, 5.74) is 3.88. The molecule has 2 aromatic carbocycles. The monoisotopic (exact) mass is 405 g/mol. The van der Waals surface area contributed by atoms with E-state index in [4.69, 9.17) is 0 Å². The predicted molar refractivity (Wildman–Crippen MR) is 120 cm³/mol. The first kappa shape index (κ1) is 19.3. The number of thioether (sulfide) groups is 1. The fraction of sp³-hybridized carbons (Fsp3) is 0.227. The van der Waals surface area contributed by atoms with Crippen molar-refractivity contribution in [2.45, 2.75) is 19.1 Å². The quantitative estimate of drug-likeness (QED) is 0.387. The molecule has 0 aliphatic rings. The number of fused-ring (bicyclic) bond motifs is 1. The Hall–Kier alpha value is -3.06. The summed E-state index contributed by atoms with van der Waals surface area (Å²) in [5.74, 6) is 2.27. The molecule has 0 radical (unpaired) electrons. The highest BCUT2D eigenvalue weighted by Crippen LogP contribution is 2.20. The molecule has 0 unspecified atom stereocenters. The average Bonchev–Trinajstić information content (AvgIpc) is 3.14. The molecule has 0 spiro atoms. The van der Waals surface area contributed by atoms with Crippen molar-refractivity contribution in [2.24, 2.45) is 0 Å². The normalized spacial score (nSPS) is 11.1. The van der Waals surface area contributed by atoms with Gasteiger partial charge in [-0.3, -0.25) is 9.78 Å². The number of benzene rings is 2. The van der Waals surface area contributed by atoms with E-state index in [2.05, 4.69) is 49.5 Å². The SMILES string of the molecule is Cc1[nH]cnc1CSCCNc1ncc(Cc2cccc3ccccc23)c(=O)[nH]1. The second-order valence-corrected chi connectivity index (χ2v) is 7.96. The van der Waals surface area contributed by atoms with Gasteiger partial charge in [0.1, 0.15) is 0 Å². The van der Waals surface area contributed by atoms with Gasteiger partial charge >= 0.3 is 0 Å². The van der Waals surface area contributed by atoms with Crippen molar-refractivity contribution in [3.05, 3.63) is 87.9 Å². The molecular formula is C22H23N5OS. The summed E-state index contributed by atoms with van der Waals surface area (Å²) in [4.78, 5) is 27.1. The number of nitrogens with one attached hydrogen (secondary N) is 3. The molecule has 148 valence electrons. The van der Waals surface area contributed by atoms with Crippen LogP contribution >= 0.6 is 11.8 Å². The molecule has 0 fully saturated rings. The van der Waals surface area contributed by atoms with Gasteiger partial charge in [0, 0.05) is 41.9 Å². The first-order chi connectivity index (χ1) is 14.2. The Morgan fingerprint density at radius 2 is 1.93 bits per heavy atom. The van der Waals surface area contributed by atoms with Crippen LogP contribution in [0.4, 0.5) is 5.95 Å². The number of hydrogen-bond donors (Lipinski definition) is 3. The zero-order valence-corrected chi connectivity index (χ0v) is 17.1. The maximum Gasteiger partial charge on any atom is 0.255 e. The molecule has 29 heavy (non-hydrogen) atoms. The topological polar surface area (TPSA) is 86.5 Å². The Kier molecular flexibility index (Phi) is 5.95. The van der Waals surface area contributed by atoms with Crippen molar-refractivity contribution in [1.82, 2.24) is 19.9 Å². The van der Waals surface area contributed by atoms with Crippen molar-refractivity contribution in [2.75, 3.05) is 17.6 Å². The summed E-state index contributed by atoms with van der Waals surface area (Å²) in [6.45, 7) is 2.75. The van der Waals surface area contributed by atoms with Crippen molar-refractivity contribution in [3.63, 3.8) is 0 Å². The predicted octanol–water partition coefficient (Wildman–Crippen LogP) is 3.89. The summed E-state index contributed by atoms with van der Waals surface area (Å²) in [7, 11) is 0. The van der Waals surface area contributed by atoms with Gasteiger partial charge in [0.2, 0.25) is 5.95 Å². The highest BCUT2D eigenvalue weighted by atomic mass is 32.2. The molecule has 0 atom stereocenters. The Bertz CT molecular complexity index is 1160. The van der Waals surface area contributed by atoms with Gasteiger partial charge in [-0.05, 0) is 23.3 Å². The molecule has 0 saturated carbocycles. The molecule has 2 heterocycles. The number of aryl methyl sites for hydroxylation is 1. The number of aromatic nitrogens is 4. The summed E-state index contributed by atoms with van der Waals surface area (Å²) >= 11 is 1.79. The third-order valence-corrected chi connectivity index (χ3v) is 5.82. The van der Waals surface area contributed by atoms with E-state index in [0.29, 0.717) is 17.9 Å². The zero-order valence-electron chi connectivity index (χ0n) is 16.2. The van der Waals surface area contributed by atoms with Gasteiger partial charge in [-0.2, -0.15) is 11.8 Å². The van der Waals surface area contributed by atoms with E-state index in [-0.39, 0.29) is 5.56 Å². The Balaban J connectivity index is 1.34. The van der Waals surface area contributed by atoms with Gasteiger partial charge in [0.15, 0.2) is 0 Å². The number of aromatic amines is 2. The van der Waals surface area contributed by atoms with Gasteiger partial charge in [0.25, 0.3) is 5.56 Å². The van der Waals surface area contributed by atoms with E-state index in [0.717, 1.165) is 35.0 Å². The molecule has 0 aliphatic heterocycles. The molecule has 4 aromatic rings. The highest BCUT2D eigenvalue weighted by Gasteiger charge is 2.07. The van der Waals surface area contributed by atoms with E-state index in [1.54, 1.807) is 24.3 Å². The van der Waals surface area contributed by atoms with Crippen LogP contribution in [0.1, 0.15) is 22.5 Å². The lowest BCUT2D eigenvalue weighted by molar-refractivity contribution is 1.01. The Labute approximate surface area is 173 Å². The van der Waals surface area contributed by atoms with Gasteiger partial charge in [-0.25, -0.2) is 9.97 Å². The molecule has 6 nitrogen and oxygen atoms in total. The zero-order chi connectivity index (χ0) is 20.1. The minimum absolute atomic E-state index is 0.102. The van der Waals surface area contributed by atoms with E-state index < -0.39 is 0 Å². The van der Waals surface area contributed by atoms with E-state index in [9.17, 15) is 4.79 Å². The summed E-state index contributed by atoms with van der Waals surface area (Å²) < 4.78 is 0. The number of hydrogen-bond acceptors (Lipinski definition) is 5. The summed E-state index contributed by atoms with van der Waals surface area (Å²) in [6.07, 6.45) is 3.95. The molecular weight excluding hydrogens is 382 g/mol. The average molecular weight is 406 g/mol. The molecule has 0 bridgehead atoms. The van der Waals surface area contributed by atoms with Crippen LogP contribution in [0.15, 0.2) is 59.8 Å². The van der Waals surface area contributed by atoms with Crippen LogP contribution in [0.3, 0.4) is 0 Å². The minimum Gasteiger partial charge on any atom is -0.355 e. The van der Waals surface area contributed by atoms with Crippen molar-refractivity contribution < 1.29 is 0 Å². The summed E-state index contributed by atoms with van der Waals surface area (Å²) in [5, 5.41) is 5.53. The van der Waals surface area contributed by atoms with Gasteiger partial charge in [-0.1, -0.05) is 42.5 Å². The van der Waals surface area contributed by atoms with Gasteiger partial charge in [0.05, 0.1) is 12.0 Å². The third-order valence-electron chi connectivity index (χ3n) is 4.85. The lowest BCUT2D eigenvalue weighted by Crippen LogP contribution is -2.18. The maximum absolute atomic E-state index is 12.5. The third kappa shape index (κ3) is 4.68. The lowest BCUT2D eigenvalue weighted by atomic mass is 10.00. The number of nitrogens with zero attached hydrogens (tertiary/aromatic N) is 2. The maximum atomic E-state index is 12.5. The van der Waals surface area contributed by atoms with Crippen molar-refractivity contribution in [3.8, 4) is 0 Å². The van der Waals surface area contributed by atoms with Crippen LogP contribution in [-0.2, 0) is 12.2 Å². The highest BCUT2D eigenvalue weighted by molar-refractivity contribution is 7.98. The number of H-pyrrole nitrogens is 2. The molecule has 0 aliphatic carbocycles. The minimum atomic E-state index is -0.102. The van der Waals surface area contributed by atoms with Crippen LogP contribution in [0, 0.1) is 6.92 Å². The molecule has 7 heteroatoms.